The van der Waals surface area contributed by atoms with Gasteiger partial charge in [0, 0.05) is 43.7 Å². The van der Waals surface area contributed by atoms with Gasteiger partial charge in [-0.2, -0.15) is 0 Å². The number of nitrogens with one attached hydrogen (secondary N) is 1. The number of anilines is 2. The number of piperidine rings is 1. The lowest BCUT2D eigenvalue weighted by atomic mass is 9.92. The SMILES string of the molecule is CCCc1cn(CCO)c(C2CCN(c3ncnc4c3[C@H](C)CC(=O)N4)CC2)n1. The Morgan fingerprint density at radius 2 is 2.07 bits per heavy atom. The van der Waals surface area contributed by atoms with E-state index in [2.05, 4.69) is 44.8 Å². The fourth-order valence-corrected chi connectivity index (χ4v) is 4.58. The molecule has 1 atom stereocenters. The molecule has 1 saturated heterocycles. The van der Waals surface area contributed by atoms with Crippen LogP contribution >= 0.6 is 0 Å². The minimum Gasteiger partial charge on any atom is -0.395 e. The standard InChI is InChI=1S/C21H30N6O2/c1-3-4-16-12-27(9-10-28)20(24-16)15-5-7-26(8-6-15)21-18-14(2)11-17(29)25-19(18)22-13-23-21/h12-15,28H,3-11H2,1-2H3,(H,22,23,25,29)/t14-/m1/s1. The molecular formula is C21H30N6O2. The van der Waals surface area contributed by atoms with Crippen LogP contribution in [-0.4, -0.2) is 50.2 Å². The van der Waals surface area contributed by atoms with Gasteiger partial charge in [0.1, 0.15) is 23.8 Å². The largest absolute Gasteiger partial charge is 0.395 e. The van der Waals surface area contributed by atoms with Crippen molar-refractivity contribution in [1.82, 2.24) is 19.5 Å². The quantitative estimate of drug-likeness (QED) is 0.776. The van der Waals surface area contributed by atoms with Crippen molar-refractivity contribution >= 4 is 17.5 Å². The van der Waals surface area contributed by atoms with Crippen LogP contribution in [0.15, 0.2) is 12.5 Å². The van der Waals surface area contributed by atoms with Gasteiger partial charge < -0.3 is 19.9 Å². The second-order valence-electron chi connectivity index (χ2n) is 8.13. The topological polar surface area (TPSA) is 96.2 Å². The van der Waals surface area contributed by atoms with E-state index >= 15 is 0 Å². The summed E-state index contributed by atoms with van der Waals surface area (Å²) in [6, 6.07) is 0. The maximum atomic E-state index is 11.8. The van der Waals surface area contributed by atoms with Crippen molar-refractivity contribution in [1.29, 1.82) is 0 Å². The van der Waals surface area contributed by atoms with Gasteiger partial charge in [0.15, 0.2) is 0 Å². The van der Waals surface area contributed by atoms with Gasteiger partial charge in [-0.3, -0.25) is 4.79 Å². The molecule has 1 amide bonds. The summed E-state index contributed by atoms with van der Waals surface area (Å²) in [5.74, 6) is 3.24. The maximum Gasteiger partial charge on any atom is 0.226 e. The van der Waals surface area contributed by atoms with Gasteiger partial charge in [-0.1, -0.05) is 20.3 Å². The van der Waals surface area contributed by atoms with Crippen molar-refractivity contribution in [3.05, 3.63) is 29.6 Å². The molecule has 156 valence electrons. The summed E-state index contributed by atoms with van der Waals surface area (Å²) in [5, 5.41) is 12.3. The van der Waals surface area contributed by atoms with E-state index in [4.69, 9.17) is 4.98 Å². The maximum absolute atomic E-state index is 11.8. The third kappa shape index (κ3) is 3.99. The van der Waals surface area contributed by atoms with Gasteiger partial charge in [0.05, 0.1) is 12.3 Å². The normalized spacial score (nSPS) is 19.9. The molecule has 0 aliphatic carbocycles. The van der Waals surface area contributed by atoms with Crippen LogP contribution in [0.3, 0.4) is 0 Å². The zero-order valence-corrected chi connectivity index (χ0v) is 17.3. The number of carbonyl (C=O) groups is 1. The monoisotopic (exact) mass is 398 g/mol. The Kier molecular flexibility index (Phi) is 5.80. The van der Waals surface area contributed by atoms with Crippen molar-refractivity contribution in [3.63, 3.8) is 0 Å². The van der Waals surface area contributed by atoms with Crippen LogP contribution in [0.2, 0.25) is 0 Å². The molecule has 4 heterocycles. The third-order valence-corrected chi connectivity index (χ3v) is 5.97. The van der Waals surface area contributed by atoms with E-state index in [-0.39, 0.29) is 18.4 Å². The molecular weight excluding hydrogens is 368 g/mol. The first kappa shape index (κ1) is 19.8. The fourth-order valence-electron chi connectivity index (χ4n) is 4.58. The molecule has 2 aliphatic heterocycles. The Morgan fingerprint density at radius 1 is 1.28 bits per heavy atom. The van der Waals surface area contributed by atoms with Crippen LogP contribution in [0.4, 0.5) is 11.6 Å². The average molecular weight is 399 g/mol. The summed E-state index contributed by atoms with van der Waals surface area (Å²) < 4.78 is 2.13. The predicted octanol–water partition coefficient (Wildman–Crippen LogP) is 2.45. The van der Waals surface area contributed by atoms with Gasteiger partial charge in [0.25, 0.3) is 0 Å². The molecule has 0 bridgehead atoms. The highest BCUT2D eigenvalue weighted by atomic mass is 16.3. The number of fused-ring (bicyclic) bond motifs is 1. The lowest BCUT2D eigenvalue weighted by molar-refractivity contribution is -0.116. The summed E-state index contributed by atoms with van der Waals surface area (Å²) in [6.45, 7) is 6.74. The van der Waals surface area contributed by atoms with Gasteiger partial charge in [0.2, 0.25) is 5.91 Å². The van der Waals surface area contributed by atoms with Gasteiger partial charge in [-0.05, 0) is 25.2 Å². The molecule has 4 rings (SSSR count). The average Bonchev–Trinajstić information content (AvgIpc) is 3.10. The first-order valence-corrected chi connectivity index (χ1v) is 10.7. The number of aromatic nitrogens is 4. The highest BCUT2D eigenvalue weighted by molar-refractivity contribution is 5.94. The minimum absolute atomic E-state index is 0.0203. The molecule has 0 unspecified atom stereocenters. The molecule has 2 N–H and O–H groups in total. The summed E-state index contributed by atoms with van der Waals surface area (Å²) in [6.07, 6.45) is 8.16. The molecule has 0 aromatic carbocycles. The molecule has 2 aliphatic rings. The van der Waals surface area contributed by atoms with E-state index in [9.17, 15) is 9.90 Å². The summed E-state index contributed by atoms with van der Waals surface area (Å²) in [4.78, 5) is 27.9. The molecule has 8 nitrogen and oxygen atoms in total. The van der Waals surface area contributed by atoms with Gasteiger partial charge in [-0.25, -0.2) is 15.0 Å². The van der Waals surface area contributed by atoms with E-state index in [0.717, 1.165) is 61.7 Å². The van der Waals surface area contributed by atoms with E-state index in [1.165, 1.54) is 0 Å². The zero-order valence-electron chi connectivity index (χ0n) is 17.3. The molecule has 1 fully saturated rings. The van der Waals surface area contributed by atoms with Crippen molar-refractivity contribution in [2.45, 2.75) is 64.3 Å². The Balaban J connectivity index is 1.51. The Hall–Kier alpha value is -2.48. The number of aliphatic hydroxyl groups excluding tert-OH is 1. The lowest BCUT2D eigenvalue weighted by Crippen LogP contribution is -2.36. The molecule has 0 saturated carbocycles. The Bertz CT molecular complexity index is 872. The number of nitrogens with zero attached hydrogens (tertiary/aromatic N) is 5. The Labute approximate surface area is 171 Å². The first-order chi connectivity index (χ1) is 14.1. The highest BCUT2D eigenvalue weighted by Gasteiger charge is 2.31. The molecule has 2 aromatic heterocycles. The summed E-state index contributed by atoms with van der Waals surface area (Å²) >= 11 is 0. The molecule has 2 aromatic rings. The van der Waals surface area contributed by atoms with Crippen LogP contribution in [0, 0.1) is 0 Å². The fraction of sp³-hybridized carbons (Fsp3) is 0.619. The van der Waals surface area contributed by atoms with E-state index < -0.39 is 0 Å². The number of hydrogen-bond acceptors (Lipinski definition) is 6. The highest BCUT2D eigenvalue weighted by Crippen LogP contribution is 2.38. The Morgan fingerprint density at radius 3 is 2.79 bits per heavy atom. The summed E-state index contributed by atoms with van der Waals surface area (Å²) in [5.41, 5.74) is 2.17. The number of imidazole rings is 1. The number of carbonyl (C=O) groups excluding carboxylic acids is 1. The number of aryl methyl sites for hydroxylation is 1. The minimum atomic E-state index is 0.0203. The van der Waals surface area contributed by atoms with Crippen LogP contribution in [0.1, 0.15) is 68.4 Å². The van der Waals surface area contributed by atoms with Crippen LogP contribution in [0.5, 0.6) is 0 Å². The van der Waals surface area contributed by atoms with Crippen molar-refractivity contribution in [2.75, 3.05) is 29.9 Å². The zero-order chi connectivity index (χ0) is 20.4. The second kappa shape index (κ2) is 8.49. The number of hydrogen-bond donors (Lipinski definition) is 2. The van der Waals surface area contributed by atoms with E-state index in [1.807, 2.05) is 0 Å². The number of amides is 1. The number of aliphatic hydroxyl groups is 1. The van der Waals surface area contributed by atoms with E-state index in [0.29, 0.717) is 24.7 Å². The van der Waals surface area contributed by atoms with Crippen molar-refractivity contribution in [2.24, 2.45) is 0 Å². The third-order valence-electron chi connectivity index (χ3n) is 5.97. The molecule has 29 heavy (non-hydrogen) atoms. The molecule has 8 heteroatoms. The summed E-state index contributed by atoms with van der Waals surface area (Å²) in [7, 11) is 0. The van der Waals surface area contributed by atoms with Crippen LogP contribution < -0.4 is 10.2 Å². The number of rotatable bonds is 6. The first-order valence-electron chi connectivity index (χ1n) is 10.7. The van der Waals surface area contributed by atoms with Crippen LogP contribution in [0.25, 0.3) is 0 Å². The molecule has 0 spiro atoms. The van der Waals surface area contributed by atoms with Gasteiger partial charge in [-0.15, -0.1) is 0 Å². The van der Waals surface area contributed by atoms with E-state index in [1.54, 1.807) is 6.33 Å². The van der Waals surface area contributed by atoms with Crippen LogP contribution in [-0.2, 0) is 17.8 Å². The second-order valence-corrected chi connectivity index (χ2v) is 8.13. The molecule has 0 radical (unpaired) electrons. The smallest absolute Gasteiger partial charge is 0.226 e. The van der Waals surface area contributed by atoms with Crippen molar-refractivity contribution < 1.29 is 9.90 Å². The predicted molar refractivity (Wildman–Crippen MR) is 111 cm³/mol. The van der Waals surface area contributed by atoms with Crippen molar-refractivity contribution in [3.8, 4) is 0 Å². The lowest BCUT2D eigenvalue weighted by Gasteiger charge is -2.35. The van der Waals surface area contributed by atoms with Gasteiger partial charge >= 0.3 is 0 Å².